The monoisotopic (exact) mass is 342 g/mol. The molecule has 0 aromatic heterocycles. The van der Waals surface area contributed by atoms with Gasteiger partial charge in [-0.25, -0.2) is 12.8 Å². The molecule has 1 aliphatic heterocycles. The number of benzene rings is 1. The Morgan fingerprint density at radius 1 is 1.35 bits per heavy atom. The van der Waals surface area contributed by atoms with E-state index < -0.39 is 9.84 Å². The summed E-state index contributed by atoms with van der Waals surface area (Å²) in [4.78, 5) is 4.49. The molecule has 2 rings (SSSR count). The molecule has 0 N–H and O–H groups in total. The van der Waals surface area contributed by atoms with Crippen LogP contribution < -0.4 is 4.90 Å². The third kappa shape index (κ3) is 5.77. The molecule has 4 nitrogen and oxygen atoms in total. The number of nitrogens with zero attached hydrogens (tertiary/aromatic N) is 2. The Morgan fingerprint density at radius 3 is 2.57 bits per heavy atom. The first-order valence-corrected chi connectivity index (χ1v) is 10.2. The Balaban J connectivity index is 1.84. The van der Waals surface area contributed by atoms with Crippen LogP contribution in [0.4, 0.5) is 10.1 Å². The summed E-state index contributed by atoms with van der Waals surface area (Å²) < 4.78 is 36.1. The van der Waals surface area contributed by atoms with Crippen molar-refractivity contribution < 1.29 is 12.8 Å². The van der Waals surface area contributed by atoms with Gasteiger partial charge in [0.25, 0.3) is 0 Å². The van der Waals surface area contributed by atoms with Crippen molar-refractivity contribution in [1.82, 2.24) is 4.90 Å². The second-order valence-electron chi connectivity index (χ2n) is 6.84. The molecule has 1 fully saturated rings. The fourth-order valence-electron chi connectivity index (χ4n) is 3.45. The van der Waals surface area contributed by atoms with Crippen molar-refractivity contribution in [3.63, 3.8) is 0 Å². The molecule has 0 amide bonds. The van der Waals surface area contributed by atoms with Crippen LogP contribution in [0.3, 0.4) is 0 Å². The predicted molar refractivity (Wildman–Crippen MR) is 93.1 cm³/mol. The van der Waals surface area contributed by atoms with Crippen LogP contribution in [-0.2, 0) is 9.84 Å². The van der Waals surface area contributed by atoms with Crippen LogP contribution in [0.5, 0.6) is 0 Å². The van der Waals surface area contributed by atoms with Gasteiger partial charge in [-0.05, 0) is 44.0 Å². The van der Waals surface area contributed by atoms with Gasteiger partial charge in [0.2, 0.25) is 0 Å². The van der Waals surface area contributed by atoms with Crippen molar-refractivity contribution in [2.45, 2.75) is 25.8 Å². The molecule has 0 bridgehead atoms. The number of anilines is 1. The highest BCUT2D eigenvalue weighted by molar-refractivity contribution is 7.90. The van der Waals surface area contributed by atoms with Gasteiger partial charge < -0.3 is 9.80 Å². The smallest absolute Gasteiger partial charge is 0.147 e. The summed E-state index contributed by atoms with van der Waals surface area (Å²) in [5, 5.41) is 0. The molecule has 1 saturated heterocycles. The van der Waals surface area contributed by atoms with E-state index in [1.54, 1.807) is 12.1 Å². The van der Waals surface area contributed by atoms with E-state index in [1.807, 2.05) is 13.0 Å². The van der Waals surface area contributed by atoms with E-state index in [2.05, 4.69) is 16.8 Å². The minimum atomic E-state index is -2.92. The Bertz CT molecular complexity index is 613. The number of sulfone groups is 1. The maximum absolute atomic E-state index is 13.3. The normalized spacial score (nSPS) is 18.4. The van der Waals surface area contributed by atoms with Gasteiger partial charge in [0.05, 0.1) is 5.75 Å². The van der Waals surface area contributed by atoms with Gasteiger partial charge in [-0.1, -0.05) is 13.0 Å². The maximum atomic E-state index is 13.3. The summed E-state index contributed by atoms with van der Waals surface area (Å²) in [7, 11) is -0.848. The first-order valence-electron chi connectivity index (χ1n) is 8.13. The lowest BCUT2D eigenvalue weighted by molar-refractivity contribution is 0.189. The van der Waals surface area contributed by atoms with Gasteiger partial charge in [-0.2, -0.15) is 0 Å². The Morgan fingerprint density at radius 2 is 2.00 bits per heavy atom. The molecule has 6 heteroatoms. The second kappa shape index (κ2) is 7.62. The van der Waals surface area contributed by atoms with E-state index in [9.17, 15) is 12.8 Å². The molecule has 1 aromatic carbocycles. The van der Waals surface area contributed by atoms with Gasteiger partial charge in [0, 0.05) is 37.6 Å². The van der Waals surface area contributed by atoms with Crippen LogP contribution in [0.15, 0.2) is 24.3 Å². The quantitative estimate of drug-likeness (QED) is 0.796. The Kier molecular flexibility index (Phi) is 6.03. The molecule has 130 valence electrons. The predicted octanol–water partition coefficient (Wildman–Crippen LogP) is 2.41. The number of piperidine rings is 1. The summed E-state index contributed by atoms with van der Waals surface area (Å²) in [6.45, 7) is 4.58. The van der Waals surface area contributed by atoms with E-state index in [4.69, 9.17) is 0 Å². The average Bonchev–Trinajstić information content (AvgIpc) is 2.45. The third-order valence-corrected chi connectivity index (χ3v) is 5.62. The van der Waals surface area contributed by atoms with Crippen molar-refractivity contribution in [3.8, 4) is 0 Å². The minimum absolute atomic E-state index is 0.135. The molecule has 1 aromatic rings. The summed E-state index contributed by atoms with van der Waals surface area (Å²) in [5.74, 6) is 0.173. The van der Waals surface area contributed by atoms with E-state index >= 15 is 0 Å². The third-order valence-electron chi connectivity index (χ3n) is 4.45. The lowest BCUT2D eigenvalue weighted by Crippen LogP contribution is -2.45. The van der Waals surface area contributed by atoms with Crippen molar-refractivity contribution >= 4 is 15.5 Å². The van der Waals surface area contributed by atoms with Crippen LogP contribution in [0.1, 0.15) is 19.8 Å². The van der Waals surface area contributed by atoms with Crippen molar-refractivity contribution in [3.05, 3.63) is 30.1 Å². The molecule has 23 heavy (non-hydrogen) atoms. The van der Waals surface area contributed by atoms with Crippen molar-refractivity contribution in [2.24, 2.45) is 5.92 Å². The van der Waals surface area contributed by atoms with Crippen LogP contribution in [-0.4, -0.2) is 58.1 Å². The molecule has 0 unspecified atom stereocenters. The zero-order valence-electron chi connectivity index (χ0n) is 14.2. The molecule has 1 aliphatic rings. The molecular weight excluding hydrogens is 315 g/mol. The summed E-state index contributed by atoms with van der Waals surface area (Å²) in [6, 6.07) is 7.20. The van der Waals surface area contributed by atoms with E-state index in [-0.39, 0.29) is 17.5 Å². The Hall–Kier alpha value is -1.14. The first kappa shape index (κ1) is 18.2. The van der Waals surface area contributed by atoms with Gasteiger partial charge in [-0.15, -0.1) is 0 Å². The first-order chi connectivity index (χ1) is 10.7. The molecule has 1 atom stereocenters. The fraction of sp³-hybridized carbons (Fsp3) is 0.647. The van der Waals surface area contributed by atoms with Gasteiger partial charge in [0.1, 0.15) is 15.7 Å². The van der Waals surface area contributed by atoms with Crippen LogP contribution >= 0.6 is 0 Å². The average molecular weight is 342 g/mol. The molecule has 1 heterocycles. The zero-order chi connectivity index (χ0) is 17.0. The standard InChI is InChI=1S/C17H27FN2O2S/c1-14(13-23(3,21)22)12-19(2)16-7-9-20(10-8-16)17-6-4-5-15(18)11-17/h4-6,11,14,16H,7-10,12-13H2,1-3H3/t14-/m1/s1. The topological polar surface area (TPSA) is 40.6 Å². The molecule has 0 spiro atoms. The van der Waals surface area contributed by atoms with Crippen LogP contribution in [0.2, 0.25) is 0 Å². The van der Waals surface area contributed by atoms with E-state index in [1.165, 1.54) is 12.3 Å². The highest BCUT2D eigenvalue weighted by Gasteiger charge is 2.24. The highest BCUT2D eigenvalue weighted by atomic mass is 32.2. The molecule has 0 aliphatic carbocycles. The van der Waals surface area contributed by atoms with Gasteiger partial charge in [-0.3, -0.25) is 0 Å². The summed E-state index contributed by atoms with van der Waals surface area (Å²) in [6.07, 6.45) is 3.32. The number of rotatable bonds is 6. The number of hydrogen-bond acceptors (Lipinski definition) is 4. The van der Waals surface area contributed by atoms with Crippen LogP contribution in [0.25, 0.3) is 0 Å². The van der Waals surface area contributed by atoms with Crippen LogP contribution in [0, 0.1) is 11.7 Å². The lowest BCUT2D eigenvalue weighted by atomic mass is 10.0. The second-order valence-corrected chi connectivity index (χ2v) is 9.02. The molecule has 0 radical (unpaired) electrons. The van der Waals surface area contributed by atoms with Gasteiger partial charge in [0.15, 0.2) is 0 Å². The number of hydrogen-bond donors (Lipinski definition) is 0. The molecular formula is C17H27FN2O2S. The lowest BCUT2D eigenvalue weighted by Gasteiger charge is -2.38. The minimum Gasteiger partial charge on any atom is -0.371 e. The SMILES string of the molecule is C[C@H](CN(C)C1CCN(c2cccc(F)c2)CC1)CS(C)(=O)=O. The fourth-order valence-corrected chi connectivity index (χ4v) is 4.59. The van der Waals surface area contributed by atoms with Crippen molar-refractivity contribution in [1.29, 1.82) is 0 Å². The zero-order valence-corrected chi connectivity index (χ0v) is 15.0. The molecule has 0 saturated carbocycles. The van der Waals surface area contributed by atoms with E-state index in [0.717, 1.165) is 38.2 Å². The summed E-state index contributed by atoms with van der Waals surface area (Å²) >= 11 is 0. The number of halogens is 1. The highest BCUT2D eigenvalue weighted by Crippen LogP contribution is 2.23. The van der Waals surface area contributed by atoms with Crippen molar-refractivity contribution in [2.75, 3.05) is 43.6 Å². The maximum Gasteiger partial charge on any atom is 0.147 e. The van der Waals surface area contributed by atoms with E-state index in [0.29, 0.717) is 6.04 Å². The largest absolute Gasteiger partial charge is 0.371 e. The Labute approximate surface area is 139 Å². The van der Waals surface area contributed by atoms with Gasteiger partial charge >= 0.3 is 0 Å². The summed E-state index contributed by atoms with van der Waals surface area (Å²) in [5.41, 5.74) is 0.941.